The maximum atomic E-state index is 10.5. The SMILES string of the molecule is C=C(C(=O)O)c1ccc(Br)cc1. The molecule has 0 saturated heterocycles. The van der Waals surface area contributed by atoms with E-state index in [4.69, 9.17) is 5.11 Å². The van der Waals surface area contributed by atoms with Crippen molar-refractivity contribution in [2.75, 3.05) is 0 Å². The highest BCUT2D eigenvalue weighted by molar-refractivity contribution is 9.10. The topological polar surface area (TPSA) is 37.3 Å². The van der Waals surface area contributed by atoms with E-state index in [1.54, 1.807) is 24.3 Å². The molecule has 1 rings (SSSR count). The number of benzene rings is 1. The van der Waals surface area contributed by atoms with E-state index in [-0.39, 0.29) is 5.57 Å². The van der Waals surface area contributed by atoms with Gasteiger partial charge in [-0.25, -0.2) is 4.79 Å². The zero-order chi connectivity index (χ0) is 9.14. The van der Waals surface area contributed by atoms with E-state index in [0.29, 0.717) is 5.56 Å². The van der Waals surface area contributed by atoms with E-state index in [9.17, 15) is 4.79 Å². The summed E-state index contributed by atoms with van der Waals surface area (Å²) >= 11 is 3.25. The van der Waals surface area contributed by atoms with Crippen LogP contribution in [0.5, 0.6) is 0 Å². The summed E-state index contributed by atoms with van der Waals surface area (Å²) in [6.07, 6.45) is 0. The Hall–Kier alpha value is -1.09. The Labute approximate surface area is 78.7 Å². The molecule has 1 N–H and O–H groups in total. The van der Waals surface area contributed by atoms with Crippen LogP contribution >= 0.6 is 15.9 Å². The van der Waals surface area contributed by atoms with Crippen LogP contribution < -0.4 is 0 Å². The molecule has 0 aliphatic heterocycles. The number of carbonyl (C=O) groups is 1. The van der Waals surface area contributed by atoms with Gasteiger partial charge in [-0.3, -0.25) is 0 Å². The van der Waals surface area contributed by atoms with E-state index in [1.165, 1.54) is 0 Å². The zero-order valence-corrected chi connectivity index (χ0v) is 7.84. The Bertz CT molecular complexity index is 314. The molecule has 62 valence electrons. The van der Waals surface area contributed by atoms with Crippen molar-refractivity contribution in [3.63, 3.8) is 0 Å². The van der Waals surface area contributed by atoms with Gasteiger partial charge in [0.15, 0.2) is 0 Å². The van der Waals surface area contributed by atoms with Crippen molar-refractivity contribution in [1.29, 1.82) is 0 Å². The van der Waals surface area contributed by atoms with Crippen LogP contribution in [0.15, 0.2) is 35.3 Å². The molecule has 0 radical (unpaired) electrons. The van der Waals surface area contributed by atoms with Crippen LogP contribution in [-0.4, -0.2) is 11.1 Å². The maximum Gasteiger partial charge on any atom is 0.335 e. The Morgan fingerprint density at radius 3 is 2.25 bits per heavy atom. The molecule has 0 unspecified atom stereocenters. The molecular weight excluding hydrogens is 220 g/mol. The van der Waals surface area contributed by atoms with Crippen LogP contribution in [0.3, 0.4) is 0 Å². The molecule has 0 atom stereocenters. The van der Waals surface area contributed by atoms with Gasteiger partial charge in [-0.05, 0) is 17.7 Å². The van der Waals surface area contributed by atoms with Gasteiger partial charge in [-0.1, -0.05) is 34.6 Å². The Morgan fingerprint density at radius 1 is 1.33 bits per heavy atom. The van der Waals surface area contributed by atoms with Gasteiger partial charge in [0.05, 0.1) is 5.57 Å². The lowest BCUT2D eigenvalue weighted by molar-refractivity contribution is -0.130. The summed E-state index contributed by atoms with van der Waals surface area (Å²) in [6, 6.07) is 6.98. The summed E-state index contributed by atoms with van der Waals surface area (Å²) in [5.41, 5.74) is 0.744. The Balaban J connectivity index is 2.98. The van der Waals surface area contributed by atoms with Crippen LogP contribution in [0, 0.1) is 0 Å². The lowest BCUT2D eigenvalue weighted by Crippen LogP contribution is -1.97. The fraction of sp³-hybridized carbons (Fsp3) is 0. The molecule has 0 aromatic heterocycles. The lowest BCUT2D eigenvalue weighted by atomic mass is 10.1. The second-order valence-corrected chi connectivity index (χ2v) is 3.21. The van der Waals surface area contributed by atoms with Crippen molar-refractivity contribution in [2.24, 2.45) is 0 Å². The second-order valence-electron chi connectivity index (χ2n) is 2.29. The first kappa shape index (κ1) is 9.00. The predicted octanol–water partition coefficient (Wildman–Crippen LogP) is 2.55. The van der Waals surface area contributed by atoms with Gasteiger partial charge < -0.3 is 5.11 Å². The predicted molar refractivity (Wildman–Crippen MR) is 50.8 cm³/mol. The van der Waals surface area contributed by atoms with Crippen molar-refractivity contribution in [1.82, 2.24) is 0 Å². The van der Waals surface area contributed by atoms with E-state index >= 15 is 0 Å². The number of rotatable bonds is 2. The lowest BCUT2D eigenvalue weighted by Gasteiger charge is -1.99. The number of hydrogen-bond donors (Lipinski definition) is 1. The third-order valence-electron chi connectivity index (χ3n) is 1.45. The van der Waals surface area contributed by atoms with Gasteiger partial charge in [0.1, 0.15) is 0 Å². The van der Waals surface area contributed by atoms with Crippen molar-refractivity contribution >= 4 is 27.5 Å². The zero-order valence-electron chi connectivity index (χ0n) is 6.25. The molecule has 0 amide bonds. The number of hydrogen-bond acceptors (Lipinski definition) is 1. The van der Waals surface area contributed by atoms with E-state index in [0.717, 1.165) is 4.47 Å². The first-order valence-corrected chi connectivity index (χ1v) is 4.08. The Morgan fingerprint density at radius 2 is 1.83 bits per heavy atom. The first-order valence-electron chi connectivity index (χ1n) is 3.29. The smallest absolute Gasteiger partial charge is 0.335 e. The average molecular weight is 227 g/mol. The number of halogens is 1. The van der Waals surface area contributed by atoms with Crippen molar-refractivity contribution in [3.8, 4) is 0 Å². The van der Waals surface area contributed by atoms with Crippen LogP contribution in [0.25, 0.3) is 5.57 Å². The van der Waals surface area contributed by atoms with Gasteiger partial charge in [-0.2, -0.15) is 0 Å². The second kappa shape index (κ2) is 3.54. The average Bonchev–Trinajstić information content (AvgIpc) is 2.04. The minimum absolute atomic E-state index is 0.113. The molecule has 1 aromatic rings. The van der Waals surface area contributed by atoms with Crippen LogP contribution in [0.1, 0.15) is 5.56 Å². The molecule has 0 aliphatic rings. The number of aliphatic carboxylic acids is 1. The monoisotopic (exact) mass is 226 g/mol. The largest absolute Gasteiger partial charge is 0.478 e. The minimum Gasteiger partial charge on any atom is -0.478 e. The quantitative estimate of drug-likeness (QED) is 0.788. The standard InChI is InChI=1S/C9H7BrO2/c1-6(9(11)12)7-2-4-8(10)5-3-7/h2-5H,1H2,(H,11,12). The van der Waals surface area contributed by atoms with Crippen molar-refractivity contribution in [3.05, 3.63) is 40.9 Å². The molecule has 0 saturated carbocycles. The first-order chi connectivity index (χ1) is 5.61. The Kier molecular flexibility index (Phi) is 2.65. The number of carboxylic acids is 1. The summed E-state index contributed by atoms with van der Waals surface area (Å²) in [7, 11) is 0. The van der Waals surface area contributed by atoms with E-state index in [2.05, 4.69) is 22.5 Å². The van der Waals surface area contributed by atoms with Crippen molar-refractivity contribution in [2.45, 2.75) is 0 Å². The fourth-order valence-electron chi connectivity index (χ4n) is 0.775. The summed E-state index contributed by atoms with van der Waals surface area (Å²) in [4.78, 5) is 10.5. The van der Waals surface area contributed by atoms with Crippen molar-refractivity contribution < 1.29 is 9.90 Å². The fourth-order valence-corrected chi connectivity index (χ4v) is 1.04. The van der Waals surface area contributed by atoms with Gasteiger partial charge in [0, 0.05) is 4.47 Å². The molecule has 3 heteroatoms. The molecule has 2 nitrogen and oxygen atoms in total. The molecule has 1 aromatic carbocycles. The van der Waals surface area contributed by atoms with Crippen LogP contribution in [0.4, 0.5) is 0 Å². The summed E-state index contributed by atoms with van der Waals surface area (Å²) in [5.74, 6) is -0.989. The molecular formula is C9H7BrO2. The summed E-state index contributed by atoms with van der Waals surface area (Å²) < 4.78 is 0.921. The third kappa shape index (κ3) is 1.95. The van der Waals surface area contributed by atoms with Gasteiger partial charge in [-0.15, -0.1) is 0 Å². The highest BCUT2D eigenvalue weighted by Gasteiger charge is 2.05. The third-order valence-corrected chi connectivity index (χ3v) is 1.98. The highest BCUT2D eigenvalue weighted by Crippen LogP contribution is 2.16. The van der Waals surface area contributed by atoms with E-state index in [1.807, 2.05) is 0 Å². The maximum absolute atomic E-state index is 10.5. The molecule has 0 bridgehead atoms. The van der Waals surface area contributed by atoms with Gasteiger partial charge >= 0.3 is 5.97 Å². The molecule has 0 spiro atoms. The number of carboxylic acid groups (broad SMARTS) is 1. The van der Waals surface area contributed by atoms with Gasteiger partial charge in [0.25, 0.3) is 0 Å². The minimum atomic E-state index is -0.989. The normalized spacial score (nSPS) is 9.42. The molecule has 0 heterocycles. The van der Waals surface area contributed by atoms with Crippen LogP contribution in [0.2, 0.25) is 0 Å². The van der Waals surface area contributed by atoms with Crippen LogP contribution in [-0.2, 0) is 4.79 Å². The molecule has 12 heavy (non-hydrogen) atoms. The highest BCUT2D eigenvalue weighted by atomic mass is 79.9. The van der Waals surface area contributed by atoms with E-state index < -0.39 is 5.97 Å². The van der Waals surface area contributed by atoms with Gasteiger partial charge in [0.2, 0.25) is 0 Å². The molecule has 0 aliphatic carbocycles. The summed E-state index contributed by atoms with van der Waals surface area (Å²) in [6.45, 7) is 3.44. The summed E-state index contributed by atoms with van der Waals surface area (Å²) in [5, 5.41) is 8.59. The molecule has 0 fully saturated rings.